The molecule has 1 aromatic carbocycles. The summed E-state index contributed by atoms with van der Waals surface area (Å²) >= 11 is 0. The third-order valence-electron chi connectivity index (χ3n) is 2.52. The predicted octanol–water partition coefficient (Wildman–Crippen LogP) is 1.40. The fraction of sp³-hybridized carbons (Fsp3) is 0.417. The third kappa shape index (κ3) is 3.53. The highest BCUT2D eigenvalue weighted by Gasteiger charge is 2.21. The molecule has 6 nitrogen and oxygen atoms in total. The average Bonchev–Trinajstić information content (AvgIpc) is 2.27. The zero-order valence-corrected chi connectivity index (χ0v) is 10.3. The van der Waals surface area contributed by atoms with E-state index in [9.17, 15) is 14.9 Å². The van der Waals surface area contributed by atoms with E-state index in [0.717, 1.165) is 0 Å². The molecule has 0 heterocycles. The number of hydrogen-bond donors (Lipinski definition) is 2. The van der Waals surface area contributed by atoms with Gasteiger partial charge in [-0.2, -0.15) is 0 Å². The predicted molar refractivity (Wildman–Crippen MR) is 66.5 cm³/mol. The molecule has 0 saturated carbocycles. The molecular formula is C12H16N2O4. The molecule has 0 radical (unpaired) electrons. The van der Waals surface area contributed by atoms with Gasteiger partial charge in [0.1, 0.15) is 5.56 Å². The maximum absolute atomic E-state index is 11.9. The summed E-state index contributed by atoms with van der Waals surface area (Å²) in [6, 6.07) is 4.49. The van der Waals surface area contributed by atoms with Gasteiger partial charge in [0.25, 0.3) is 11.6 Å². The van der Waals surface area contributed by atoms with Crippen LogP contribution >= 0.6 is 0 Å². The van der Waals surface area contributed by atoms with Gasteiger partial charge in [0.15, 0.2) is 0 Å². The standard InChI is InChI=1S/C12H16N2O4/c1-8-4-3-5-10(14(17)18)11(8)12(16)13-7-6-9(2)15/h3-5,9,15H,6-7H2,1-2H3,(H,13,16). The highest BCUT2D eigenvalue weighted by atomic mass is 16.6. The summed E-state index contributed by atoms with van der Waals surface area (Å²) in [5, 5.41) is 22.5. The lowest BCUT2D eigenvalue weighted by atomic mass is 10.1. The number of carbonyl (C=O) groups excluding carboxylic acids is 1. The van der Waals surface area contributed by atoms with Crippen LogP contribution in [0.3, 0.4) is 0 Å². The van der Waals surface area contributed by atoms with Gasteiger partial charge >= 0.3 is 0 Å². The van der Waals surface area contributed by atoms with E-state index in [-0.39, 0.29) is 17.8 Å². The van der Waals surface area contributed by atoms with Crippen LogP contribution in [0.2, 0.25) is 0 Å². The molecule has 0 aliphatic carbocycles. The topological polar surface area (TPSA) is 92.5 Å². The highest BCUT2D eigenvalue weighted by Crippen LogP contribution is 2.21. The Bertz CT molecular complexity index is 457. The molecule has 0 aliphatic rings. The number of rotatable bonds is 5. The van der Waals surface area contributed by atoms with E-state index in [4.69, 9.17) is 5.11 Å². The molecule has 0 fully saturated rings. The highest BCUT2D eigenvalue weighted by molar-refractivity contribution is 5.99. The van der Waals surface area contributed by atoms with Gasteiger partial charge in [-0.3, -0.25) is 14.9 Å². The van der Waals surface area contributed by atoms with Crippen molar-refractivity contribution in [2.45, 2.75) is 26.4 Å². The monoisotopic (exact) mass is 252 g/mol. The van der Waals surface area contributed by atoms with Gasteiger partial charge in [-0.1, -0.05) is 12.1 Å². The molecule has 1 atom stereocenters. The van der Waals surface area contributed by atoms with Crippen molar-refractivity contribution < 1.29 is 14.8 Å². The Morgan fingerprint density at radius 3 is 2.78 bits per heavy atom. The smallest absolute Gasteiger partial charge is 0.282 e. The molecule has 0 aliphatic heterocycles. The van der Waals surface area contributed by atoms with Crippen molar-refractivity contribution in [2.75, 3.05) is 6.54 Å². The van der Waals surface area contributed by atoms with E-state index in [1.807, 2.05) is 0 Å². The molecule has 1 unspecified atom stereocenters. The lowest BCUT2D eigenvalue weighted by Gasteiger charge is -2.09. The van der Waals surface area contributed by atoms with Gasteiger partial charge in [0, 0.05) is 12.6 Å². The number of carbonyl (C=O) groups is 1. The number of nitro benzene ring substituents is 1. The summed E-state index contributed by atoms with van der Waals surface area (Å²) in [5.41, 5.74) is 0.427. The maximum Gasteiger partial charge on any atom is 0.282 e. The Morgan fingerprint density at radius 1 is 1.56 bits per heavy atom. The second kappa shape index (κ2) is 6.11. The van der Waals surface area contributed by atoms with Crippen molar-refractivity contribution in [3.63, 3.8) is 0 Å². The Balaban J connectivity index is 2.88. The van der Waals surface area contributed by atoms with Crippen molar-refractivity contribution in [2.24, 2.45) is 0 Å². The number of nitro groups is 1. The van der Waals surface area contributed by atoms with Gasteiger partial charge < -0.3 is 10.4 Å². The molecule has 0 bridgehead atoms. The molecule has 98 valence electrons. The van der Waals surface area contributed by atoms with Crippen LogP contribution in [0.1, 0.15) is 29.3 Å². The summed E-state index contributed by atoms with van der Waals surface area (Å²) in [5.74, 6) is -0.486. The first-order valence-electron chi connectivity index (χ1n) is 5.63. The van der Waals surface area contributed by atoms with Crippen LogP contribution in [-0.2, 0) is 0 Å². The van der Waals surface area contributed by atoms with E-state index in [0.29, 0.717) is 12.0 Å². The summed E-state index contributed by atoms with van der Waals surface area (Å²) in [7, 11) is 0. The summed E-state index contributed by atoms with van der Waals surface area (Å²) in [4.78, 5) is 22.1. The van der Waals surface area contributed by atoms with E-state index >= 15 is 0 Å². The van der Waals surface area contributed by atoms with Crippen molar-refractivity contribution in [3.05, 3.63) is 39.4 Å². The minimum Gasteiger partial charge on any atom is -0.393 e. The van der Waals surface area contributed by atoms with Gasteiger partial charge in [-0.25, -0.2) is 0 Å². The second-order valence-electron chi connectivity index (χ2n) is 4.12. The van der Waals surface area contributed by atoms with E-state index in [1.165, 1.54) is 6.07 Å². The number of benzene rings is 1. The summed E-state index contributed by atoms with van der Waals surface area (Å²) in [6.07, 6.45) is -0.108. The molecule has 18 heavy (non-hydrogen) atoms. The van der Waals surface area contributed by atoms with Crippen molar-refractivity contribution >= 4 is 11.6 Å². The van der Waals surface area contributed by atoms with E-state index < -0.39 is 16.9 Å². The molecule has 6 heteroatoms. The third-order valence-corrected chi connectivity index (χ3v) is 2.52. The lowest BCUT2D eigenvalue weighted by Crippen LogP contribution is -2.27. The van der Waals surface area contributed by atoms with Crippen LogP contribution in [-0.4, -0.2) is 28.6 Å². The minimum absolute atomic E-state index is 0.0769. The van der Waals surface area contributed by atoms with Crippen molar-refractivity contribution in [1.29, 1.82) is 0 Å². The molecule has 2 N–H and O–H groups in total. The first-order chi connectivity index (χ1) is 8.43. The largest absolute Gasteiger partial charge is 0.393 e. The Hall–Kier alpha value is -1.95. The fourth-order valence-corrected chi connectivity index (χ4v) is 1.58. The SMILES string of the molecule is Cc1cccc([N+](=O)[O-])c1C(=O)NCCC(C)O. The van der Waals surface area contributed by atoms with Crippen LogP contribution in [0.4, 0.5) is 5.69 Å². The Morgan fingerprint density at radius 2 is 2.22 bits per heavy atom. The number of amides is 1. The normalized spacial score (nSPS) is 11.9. The van der Waals surface area contributed by atoms with Gasteiger partial charge in [-0.05, 0) is 25.8 Å². The number of aryl methyl sites for hydroxylation is 1. The molecule has 0 aromatic heterocycles. The summed E-state index contributed by atoms with van der Waals surface area (Å²) in [6.45, 7) is 3.54. The van der Waals surface area contributed by atoms with Gasteiger partial charge in [0.05, 0.1) is 11.0 Å². The summed E-state index contributed by atoms with van der Waals surface area (Å²) < 4.78 is 0. The Labute approximate surface area is 105 Å². The minimum atomic E-state index is -0.573. The zero-order chi connectivity index (χ0) is 13.7. The van der Waals surface area contributed by atoms with Crippen LogP contribution in [0.25, 0.3) is 0 Å². The van der Waals surface area contributed by atoms with E-state index in [2.05, 4.69) is 5.32 Å². The van der Waals surface area contributed by atoms with Crippen molar-refractivity contribution in [1.82, 2.24) is 5.32 Å². The average molecular weight is 252 g/mol. The zero-order valence-electron chi connectivity index (χ0n) is 10.3. The molecule has 1 amide bonds. The van der Waals surface area contributed by atoms with E-state index in [1.54, 1.807) is 26.0 Å². The second-order valence-corrected chi connectivity index (χ2v) is 4.12. The fourth-order valence-electron chi connectivity index (χ4n) is 1.58. The number of hydrogen-bond acceptors (Lipinski definition) is 4. The number of nitrogens with zero attached hydrogens (tertiary/aromatic N) is 1. The number of aliphatic hydroxyl groups excluding tert-OH is 1. The van der Waals surface area contributed by atoms with Gasteiger partial charge in [0.2, 0.25) is 0 Å². The van der Waals surface area contributed by atoms with Gasteiger partial charge in [-0.15, -0.1) is 0 Å². The molecule has 1 aromatic rings. The van der Waals surface area contributed by atoms with Crippen LogP contribution in [0, 0.1) is 17.0 Å². The quantitative estimate of drug-likeness (QED) is 0.612. The maximum atomic E-state index is 11.9. The lowest BCUT2D eigenvalue weighted by molar-refractivity contribution is -0.385. The number of nitrogens with one attached hydrogen (secondary N) is 1. The van der Waals surface area contributed by atoms with Crippen LogP contribution in [0.5, 0.6) is 0 Å². The first-order valence-corrected chi connectivity index (χ1v) is 5.63. The molecule has 0 saturated heterocycles. The Kier molecular flexibility index (Phi) is 4.79. The van der Waals surface area contributed by atoms with Crippen LogP contribution in [0.15, 0.2) is 18.2 Å². The molecular weight excluding hydrogens is 236 g/mol. The van der Waals surface area contributed by atoms with Crippen molar-refractivity contribution in [3.8, 4) is 0 Å². The first kappa shape index (κ1) is 14.1. The van der Waals surface area contributed by atoms with Crippen LogP contribution < -0.4 is 5.32 Å². The molecule has 1 rings (SSSR count). The molecule has 0 spiro atoms. The number of aliphatic hydroxyl groups is 1.